The standard InChI is InChI=1S/C16H18F2N2O/c1-11(2)9-19-10-12-7-8-20-16(15(12)18)21-14-5-3-13(17)4-6-14/h3-8,11,19H,9-10H2,1-2H3. The largest absolute Gasteiger partial charge is 0.436 e. The van der Waals surface area contributed by atoms with Gasteiger partial charge in [0.15, 0.2) is 5.82 Å². The Balaban J connectivity index is 2.08. The van der Waals surface area contributed by atoms with E-state index in [-0.39, 0.29) is 11.7 Å². The summed E-state index contributed by atoms with van der Waals surface area (Å²) in [4.78, 5) is 3.88. The van der Waals surface area contributed by atoms with Crippen LogP contribution < -0.4 is 10.1 Å². The van der Waals surface area contributed by atoms with E-state index in [1.54, 1.807) is 6.07 Å². The Morgan fingerprint density at radius 1 is 1.14 bits per heavy atom. The van der Waals surface area contributed by atoms with Gasteiger partial charge in [0.25, 0.3) is 5.88 Å². The summed E-state index contributed by atoms with van der Waals surface area (Å²) < 4.78 is 32.4. The average molecular weight is 292 g/mol. The molecule has 1 aromatic heterocycles. The van der Waals surface area contributed by atoms with Crippen LogP contribution in [0.5, 0.6) is 11.6 Å². The van der Waals surface area contributed by atoms with Crippen molar-refractivity contribution in [2.24, 2.45) is 5.92 Å². The van der Waals surface area contributed by atoms with E-state index < -0.39 is 5.82 Å². The molecule has 0 saturated heterocycles. The molecule has 2 aromatic rings. The Hall–Kier alpha value is -2.01. The van der Waals surface area contributed by atoms with Crippen LogP contribution in [-0.2, 0) is 6.54 Å². The van der Waals surface area contributed by atoms with E-state index in [9.17, 15) is 8.78 Å². The number of benzene rings is 1. The van der Waals surface area contributed by atoms with E-state index in [1.807, 2.05) is 0 Å². The smallest absolute Gasteiger partial charge is 0.256 e. The molecule has 0 aliphatic heterocycles. The molecule has 5 heteroatoms. The molecule has 0 amide bonds. The van der Waals surface area contributed by atoms with Crippen molar-refractivity contribution < 1.29 is 13.5 Å². The Morgan fingerprint density at radius 3 is 2.52 bits per heavy atom. The molecule has 0 atom stereocenters. The summed E-state index contributed by atoms with van der Waals surface area (Å²) in [6.07, 6.45) is 1.49. The normalized spacial score (nSPS) is 10.9. The SMILES string of the molecule is CC(C)CNCc1ccnc(Oc2ccc(F)cc2)c1F. The van der Waals surface area contributed by atoms with Crippen molar-refractivity contribution in [3.05, 3.63) is 53.7 Å². The maximum Gasteiger partial charge on any atom is 0.256 e. The summed E-state index contributed by atoms with van der Waals surface area (Å²) in [5.41, 5.74) is 0.489. The van der Waals surface area contributed by atoms with Gasteiger partial charge >= 0.3 is 0 Å². The highest BCUT2D eigenvalue weighted by molar-refractivity contribution is 5.30. The van der Waals surface area contributed by atoms with E-state index in [1.165, 1.54) is 30.5 Å². The third kappa shape index (κ3) is 4.49. The number of nitrogens with one attached hydrogen (secondary N) is 1. The number of pyridine rings is 1. The van der Waals surface area contributed by atoms with Crippen molar-refractivity contribution in [3.8, 4) is 11.6 Å². The molecule has 0 aliphatic rings. The lowest BCUT2D eigenvalue weighted by atomic mass is 10.2. The molecule has 0 saturated carbocycles. The molecule has 0 spiro atoms. The molecular weight excluding hydrogens is 274 g/mol. The molecule has 1 heterocycles. The zero-order valence-corrected chi connectivity index (χ0v) is 12.1. The molecule has 1 aromatic carbocycles. The van der Waals surface area contributed by atoms with Crippen molar-refractivity contribution in [1.82, 2.24) is 10.3 Å². The average Bonchev–Trinajstić information content (AvgIpc) is 2.45. The molecule has 1 N–H and O–H groups in total. The van der Waals surface area contributed by atoms with Gasteiger partial charge in [0.2, 0.25) is 0 Å². The maximum absolute atomic E-state index is 14.3. The van der Waals surface area contributed by atoms with Crippen LogP contribution in [0.3, 0.4) is 0 Å². The lowest BCUT2D eigenvalue weighted by Crippen LogP contribution is -2.19. The van der Waals surface area contributed by atoms with Gasteiger partial charge in [0, 0.05) is 18.3 Å². The summed E-state index contributed by atoms with van der Waals surface area (Å²) >= 11 is 0. The highest BCUT2D eigenvalue weighted by Crippen LogP contribution is 2.24. The monoisotopic (exact) mass is 292 g/mol. The first-order valence-corrected chi connectivity index (χ1v) is 6.84. The minimum Gasteiger partial charge on any atom is -0.436 e. The second-order valence-electron chi connectivity index (χ2n) is 5.17. The topological polar surface area (TPSA) is 34.2 Å². The summed E-state index contributed by atoms with van der Waals surface area (Å²) in [6, 6.07) is 6.98. The molecular formula is C16H18F2N2O. The number of aromatic nitrogens is 1. The van der Waals surface area contributed by atoms with Crippen LogP contribution in [0.2, 0.25) is 0 Å². The third-order valence-corrected chi connectivity index (χ3v) is 2.83. The molecule has 0 unspecified atom stereocenters. The summed E-state index contributed by atoms with van der Waals surface area (Å²) in [5.74, 6) is -0.147. The van der Waals surface area contributed by atoms with Crippen LogP contribution in [0.1, 0.15) is 19.4 Å². The first kappa shape index (κ1) is 15.4. The Kier molecular flexibility index (Phi) is 5.22. The summed E-state index contributed by atoms with van der Waals surface area (Å²) in [7, 11) is 0. The van der Waals surface area contributed by atoms with Gasteiger partial charge in [-0.25, -0.2) is 13.8 Å². The first-order chi connectivity index (χ1) is 10.1. The first-order valence-electron chi connectivity index (χ1n) is 6.84. The lowest BCUT2D eigenvalue weighted by Gasteiger charge is -2.10. The van der Waals surface area contributed by atoms with E-state index in [0.717, 1.165) is 6.54 Å². The number of ether oxygens (including phenoxy) is 1. The van der Waals surface area contributed by atoms with E-state index in [4.69, 9.17) is 4.74 Å². The van der Waals surface area contributed by atoms with Crippen LogP contribution in [0.25, 0.3) is 0 Å². The van der Waals surface area contributed by atoms with Crippen LogP contribution in [0.4, 0.5) is 8.78 Å². The van der Waals surface area contributed by atoms with Crippen molar-refractivity contribution in [1.29, 1.82) is 0 Å². The van der Waals surface area contributed by atoms with Gasteiger partial charge in [-0.3, -0.25) is 0 Å². The molecule has 0 fully saturated rings. The third-order valence-electron chi connectivity index (χ3n) is 2.83. The van der Waals surface area contributed by atoms with Gasteiger partial charge in [-0.1, -0.05) is 13.8 Å². The summed E-state index contributed by atoms with van der Waals surface area (Å²) in [5, 5.41) is 3.17. The second kappa shape index (κ2) is 7.13. The minimum absolute atomic E-state index is 0.106. The molecule has 0 radical (unpaired) electrons. The number of halogens is 2. The Labute approximate surface area is 123 Å². The molecule has 0 aliphatic carbocycles. The second-order valence-corrected chi connectivity index (χ2v) is 5.17. The lowest BCUT2D eigenvalue weighted by molar-refractivity contribution is 0.415. The van der Waals surface area contributed by atoms with Crippen molar-refractivity contribution in [2.75, 3.05) is 6.54 Å². The van der Waals surface area contributed by atoms with Crippen molar-refractivity contribution in [2.45, 2.75) is 20.4 Å². The van der Waals surface area contributed by atoms with Crippen molar-refractivity contribution in [3.63, 3.8) is 0 Å². The van der Waals surface area contributed by atoms with Crippen LogP contribution in [0.15, 0.2) is 36.5 Å². The number of rotatable bonds is 6. The molecule has 0 bridgehead atoms. The fourth-order valence-electron chi connectivity index (χ4n) is 1.78. The van der Waals surface area contributed by atoms with E-state index >= 15 is 0 Å². The Morgan fingerprint density at radius 2 is 1.86 bits per heavy atom. The molecule has 2 rings (SSSR count). The Bertz CT molecular complexity index is 585. The van der Waals surface area contributed by atoms with E-state index in [2.05, 4.69) is 24.1 Å². The van der Waals surface area contributed by atoms with Gasteiger partial charge in [-0.15, -0.1) is 0 Å². The van der Waals surface area contributed by atoms with Crippen LogP contribution in [0, 0.1) is 17.6 Å². The maximum atomic E-state index is 14.3. The number of hydrogen-bond donors (Lipinski definition) is 1. The molecule has 21 heavy (non-hydrogen) atoms. The molecule has 112 valence electrons. The number of nitrogens with zero attached hydrogens (tertiary/aromatic N) is 1. The fraction of sp³-hybridized carbons (Fsp3) is 0.312. The van der Waals surface area contributed by atoms with Gasteiger partial charge in [0.1, 0.15) is 11.6 Å². The molecule has 3 nitrogen and oxygen atoms in total. The zero-order valence-electron chi connectivity index (χ0n) is 12.1. The number of hydrogen-bond acceptors (Lipinski definition) is 3. The predicted octanol–water partition coefficient (Wildman–Crippen LogP) is 3.90. The van der Waals surface area contributed by atoms with E-state index in [0.29, 0.717) is 23.8 Å². The quantitative estimate of drug-likeness (QED) is 0.877. The van der Waals surface area contributed by atoms with Gasteiger partial charge in [-0.2, -0.15) is 0 Å². The zero-order chi connectivity index (χ0) is 15.2. The highest BCUT2D eigenvalue weighted by atomic mass is 19.1. The fourth-order valence-corrected chi connectivity index (χ4v) is 1.78. The minimum atomic E-state index is -0.502. The van der Waals surface area contributed by atoms with Gasteiger partial charge in [-0.05, 0) is 42.8 Å². The summed E-state index contributed by atoms with van der Waals surface area (Å²) in [6.45, 7) is 5.38. The van der Waals surface area contributed by atoms with Gasteiger partial charge in [0.05, 0.1) is 0 Å². The van der Waals surface area contributed by atoms with Crippen LogP contribution >= 0.6 is 0 Å². The van der Waals surface area contributed by atoms with Gasteiger partial charge < -0.3 is 10.1 Å². The van der Waals surface area contributed by atoms with Crippen LogP contribution in [-0.4, -0.2) is 11.5 Å². The van der Waals surface area contributed by atoms with Crippen molar-refractivity contribution >= 4 is 0 Å². The predicted molar refractivity (Wildman–Crippen MR) is 77.2 cm³/mol. The highest BCUT2D eigenvalue weighted by Gasteiger charge is 2.11.